The first-order valence-electron chi connectivity index (χ1n) is 9.44. The highest BCUT2D eigenvalue weighted by atomic mass is 16.3. The second kappa shape index (κ2) is 8.84. The molecule has 0 fully saturated rings. The molecule has 0 saturated heterocycles. The Morgan fingerprint density at radius 2 is 1.76 bits per heavy atom. The van der Waals surface area contributed by atoms with Crippen molar-refractivity contribution in [3.05, 3.63) is 53.6 Å². The SMILES string of the molecule is CCCCCCC(C)(C)c1ccc(-c2ccccc2CC=[NH2+])c(O)c1. The van der Waals surface area contributed by atoms with Gasteiger partial charge in [0.25, 0.3) is 0 Å². The Bertz CT molecular complexity index is 703. The molecule has 0 unspecified atom stereocenters. The van der Waals surface area contributed by atoms with E-state index in [-0.39, 0.29) is 5.41 Å². The van der Waals surface area contributed by atoms with E-state index in [1.165, 1.54) is 31.2 Å². The molecule has 0 heterocycles. The molecule has 3 N–H and O–H groups in total. The Labute approximate surface area is 152 Å². The second-order valence-corrected chi connectivity index (χ2v) is 7.52. The molecule has 0 saturated carbocycles. The summed E-state index contributed by atoms with van der Waals surface area (Å²) in [5.41, 5.74) is 4.34. The third-order valence-corrected chi connectivity index (χ3v) is 5.08. The molecule has 2 aromatic carbocycles. The van der Waals surface area contributed by atoms with Crippen LogP contribution in [0.4, 0.5) is 0 Å². The summed E-state index contributed by atoms with van der Waals surface area (Å²) in [5.74, 6) is 0.351. The van der Waals surface area contributed by atoms with Gasteiger partial charge >= 0.3 is 0 Å². The minimum atomic E-state index is 0.0777. The van der Waals surface area contributed by atoms with E-state index < -0.39 is 0 Å². The van der Waals surface area contributed by atoms with Crippen LogP contribution in [0.5, 0.6) is 5.75 Å². The number of unbranched alkanes of at least 4 members (excludes halogenated alkanes) is 3. The summed E-state index contributed by atoms with van der Waals surface area (Å²) in [4.78, 5) is 0. The summed E-state index contributed by atoms with van der Waals surface area (Å²) in [6.45, 7) is 6.78. The average molecular weight is 339 g/mol. The van der Waals surface area contributed by atoms with Gasteiger partial charge in [-0.15, -0.1) is 0 Å². The third kappa shape index (κ3) is 4.94. The summed E-state index contributed by atoms with van der Waals surface area (Å²) in [5, 5.41) is 16.3. The first-order chi connectivity index (χ1) is 12.0. The molecule has 0 atom stereocenters. The van der Waals surface area contributed by atoms with Gasteiger partial charge in [-0.1, -0.05) is 82.9 Å². The quantitative estimate of drug-likeness (QED) is 0.506. The number of nitrogens with two attached hydrogens (primary N) is 1. The van der Waals surface area contributed by atoms with E-state index in [2.05, 4.69) is 32.9 Å². The summed E-state index contributed by atoms with van der Waals surface area (Å²) >= 11 is 0. The van der Waals surface area contributed by atoms with Gasteiger partial charge in [-0.3, -0.25) is 5.41 Å². The highest BCUT2D eigenvalue weighted by Gasteiger charge is 2.21. The maximum absolute atomic E-state index is 10.7. The van der Waals surface area contributed by atoms with Gasteiger partial charge in [0, 0.05) is 5.56 Å². The lowest BCUT2D eigenvalue weighted by molar-refractivity contribution is -0.107. The molecule has 2 rings (SSSR count). The van der Waals surface area contributed by atoms with Crippen molar-refractivity contribution < 1.29 is 10.5 Å². The van der Waals surface area contributed by atoms with Gasteiger partial charge in [0.1, 0.15) is 12.0 Å². The Morgan fingerprint density at radius 3 is 2.44 bits per heavy atom. The Balaban J connectivity index is 2.25. The zero-order valence-electron chi connectivity index (χ0n) is 15.9. The lowest BCUT2D eigenvalue weighted by Crippen LogP contribution is -2.30. The fourth-order valence-corrected chi connectivity index (χ4v) is 3.41. The molecule has 0 aliphatic heterocycles. The molecule has 134 valence electrons. The van der Waals surface area contributed by atoms with E-state index >= 15 is 0 Å². The van der Waals surface area contributed by atoms with Crippen molar-refractivity contribution in [1.29, 1.82) is 0 Å². The van der Waals surface area contributed by atoms with Crippen LogP contribution in [0.15, 0.2) is 42.5 Å². The number of hydrogen-bond donors (Lipinski definition) is 2. The Hall–Kier alpha value is -2.09. The van der Waals surface area contributed by atoms with E-state index in [0.29, 0.717) is 12.2 Å². The molecule has 2 nitrogen and oxygen atoms in total. The van der Waals surface area contributed by atoms with Crippen LogP contribution < -0.4 is 5.41 Å². The van der Waals surface area contributed by atoms with Crippen LogP contribution in [0.2, 0.25) is 0 Å². The monoisotopic (exact) mass is 338 g/mol. The van der Waals surface area contributed by atoms with Crippen LogP contribution in [0, 0.1) is 0 Å². The average Bonchev–Trinajstić information content (AvgIpc) is 2.60. The summed E-state index contributed by atoms with van der Waals surface area (Å²) in [6, 6.07) is 14.3. The molecule has 2 heteroatoms. The molecular weight excluding hydrogens is 306 g/mol. The van der Waals surface area contributed by atoms with E-state index in [0.717, 1.165) is 23.1 Å². The van der Waals surface area contributed by atoms with Crippen molar-refractivity contribution in [2.75, 3.05) is 0 Å². The van der Waals surface area contributed by atoms with E-state index in [9.17, 15) is 5.11 Å². The standard InChI is InChI=1S/C23H31NO/c1-4-5-6-9-15-23(2,3)19-12-13-21(22(25)17-19)20-11-8-7-10-18(20)14-16-24/h7-8,10-13,16-17,24-25H,4-6,9,14-15H2,1-3H3/p+1. The van der Waals surface area contributed by atoms with Crippen LogP contribution >= 0.6 is 0 Å². The highest BCUT2D eigenvalue weighted by Crippen LogP contribution is 2.37. The molecule has 0 aliphatic rings. The Kier molecular flexibility index (Phi) is 6.81. The van der Waals surface area contributed by atoms with Crippen molar-refractivity contribution >= 4 is 6.21 Å². The van der Waals surface area contributed by atoms with Crippen LogP contribution in [-0.2, 0) is 11.8 Å². The van der Waals surface area contributed by atoms with Crippen molar-refractivity contribution in [3.63, 3.8) is 0 Å². The number of phenols is 1. The number of rotatable bonds is 9. The number of benzene rings is 2. The molecule has 0 aromatic heterocycles. The molecule has 0 radical (unpaired) electrons. The van der Waals surface area contributed by atoms with Gasteiger partial charge in [0.05, 0.1) is 6.42 Å². The number of phenolic OH excluding ortho intramolecular Hbond substituents is 1. The predicted molar refractivity (Wildman–Crippen MR) is 107 cm³/mol. The lowest BCUT2D eigenvalue weighted by atomic mass is 9.79. The van der Waals surface area contributed by atoms with Gasteiger partial charge in [-0.25, -0.2) is 0 Å². The van der Waals surface area contributed by atoms with Crippen molar-refractivity contribution in [1.82, 2.24) is 0 Å². The minimum Gasteiger partial charge on any atom is -0.507 e. The van der Waals surface area contributed by atoms with Crippen molar-refractivity contribution in [3.8, 4) is 16.9 Å². The maximum Gasteiger partial charge on any atom is 0.140 e. The summed E-state index contributed by atoms with van der Waals surface area (Å²) in [7, 11) is 0. The van der Waals surface area contributed by atoms with Crippen LogP contribution in [-0.4, -0.2) is 11.3 Å². The fraction of sp³-hybridized carbons (Fsp3) is 0.435. The smallest absolute Gasteiger partial charge is 0.140 e. The molecule has 25 heavy (non-hydrogen) atoms. The third-order valence-electron chi connectivity index (χ3n) is 5.08. The molecule has 0 bridgehead atoms. The number of hydrogen-bond acceptors (Lipinski definition) is 1. The molecular formula is C23H32NO+. The molecule has 2 aromatic rings. The summed E-state index contributed by atoms with van der Waals surface area (Å²) < 4.78 is 0. The molecule has 0 spiro atoms. The number of aromatic hydroxyl groups is 1. The van der Waals surface area contributed by atoms with Gasteiger partial charge < -0.3 is 5.11 Å². The van der Waals surface area contributed by atoms with E-state index in [1.54, 1.807) is 6.21 Å². The van der Waals surface area contributed by atoms with Crippen LogP contribution in [0.3, 0.4) is 0 Å². The second-order valence-electron chi connectivity index (χ2n) is 7.52. The van der Waals surface area contributed by atoms with Crippen LogP contribution in [0.25, 0.3) is 11.1 Å². The Morgan fingerprint density at radius 1 is 1.00 bits per heavy atom. The first kappa shape index (κ1) is 19.2. The van der Waals surface area contributed by atoms with E-state index in [4.69, 9.17) is 5.41 Å². The lowest BCUT2D eigenvalue weighted by Gasteiger charge is -2.26. The topological polar surface area (TPSA) is 45.8 Å². The van der Waals surface area contributed by atoms with Crippen molar-refractivity contribution in [2.24, 2.45) is 0 Å². The van der Waals surface area contributed by atoms with Gasteiger partial charge in [0.15, 0.2) is 0 Å². The largest absolute Gasteiger partial charge is 0.507 e. The van der Waals surface area contributed by atoms with Crippen LogP contribution in [0.1, 0.15) is 64.0 Å². The van der Waals surface area contributed by atoms with Gasteiger partial charge in [0.2, 0.25) is 0 Å². The van der Waals surface area contributed by atoms with Crippen molar-refractivity contribution in [2.45, 2.75) is 64.7 Å². The highest BCUT2D eigenvalue weighted by molar-refractivity contribution is 5.76. The minimum absolute atomic E-state index is 0.0777. The predicted octanol–water partition coefficient (Wildman–Crippen LogP) is 4.68. The zero-order chi connectivity index (χ0) is 18.3. The molecule has 0 amide bonds. The first-order valence-corrected chi connectivity index (χ1v) is 9.44. The maximum atomic E-state index is 10.7. The fourth-order valence-electron chi connectivity index (χ4n) is 3.41. The normalized spacial score (nSPS) is 11.5. The van der Waals surface area contributed by atoms with Gasteiger partial charge in [-0.05, 0) is 34.6 Å². The molecule has 0 aliphatic carbocycles. The van der Waals surface area contributed by atoms with E-state index in [1.807, 2.05) is 30.3 Å². The zero-order valence-corrected chi connectivity index (χ0v) is 15.9. The summed E-state index contributed by atoms with van der Waals surface area (Å²) in [6.07, 6.45) is 8.57. The van der Waals surface area contributed by atoms with Gasteiger partial charge in [-0.2, -0.15) is 0 Å².